The van der Waals surface area contributed by atoms with Crippen molar-refractivity contribution in [2.45, 2.75) is 65.3 Å². The Morgan fingerprint density at radius 3 is 2.69 bits per heavy atom. The number of esters is 1. The fourth-order valence-electron chi connectivity index (χ4n) is 3.97. The predicted octanol–water partition coefficient (Wildman–Crippen LogP) is 4.69. The van der Waals surface area contributed by atoms with Gasteiger partial charge in [0, 0.05) is 18.2 Å². The Bertz CT molecular complexity index is 1050. The van der Waals surface area contributed by atoms with Gasteiger partial charge in [0.15, 0.2) is 0 Å². The van der Waals surface area contributed by atoms with E-state index in [1.807, 2.05) is 31.3 Å². The standard InChI is InChI=1S/C25H34N4O3/c1-4-6-7-8-9-20-24-21(28-25(26)27-20)14-15-29(24)17-19-12-10-18(16-22(19)31-3)11-13-23(30)32-5-2/h10,12,14-16H,4-9,11,13,17H2,1-3H3,(H2,26,27,28). The summed E-state index contributed by atoms with van der Waals surface area (Å²) >= 11 is 0. The quantitative estimate of drug-likeness (QED) is 0.326. The van der Waals surface area contributed by atoms with Crippen molar-refractivity contribution in [1.29, 1.82) is 0 Å². The number of fused-ring (bicyclic) bond motifs is 1. The van der Waals surface area contributed by atoms with Crippen molar-refractivity contribution in [2.75, 3.05) is 19.5 Å². The topological polar surface area (TPSA) is 92.3 Å². The normalized spacial score (nSPS) is 11.1. The molecule has 172 valence electrons. The van der Waals surface area contributed by atoms with Crippen LogP contribution in [-0.2, 0) is 28.9 Å². The lowest BCUT2D eigenvalue weighted by Gasteiger charge is -2.14. The predicted molar refractivity (Wildman–Crippen MR) is 127 cm³/mol. The third-order valence-corrected chi connectivity index (χ3v) is 5.58. The number of rotatable bonds is 12. The Kier molecular flexibility index (Phi) is 8.48. The van der Waals surface area contributed by atoms with E-state index in [0.29, 0.717) is 31.9 Å². The number of methoxy groups -OCH3 is 1. The molecule has 2 aromatic heterocycles. The number of nitrogens with zero attached hydrogens (tertiary/aromatic N) is 3. The molecule has 7 heteroatoms. The van der Waals surface area contributed by atoms with Gasteiger partial charge in [-0.1, -0.05) is 38.3 Å². The number of carbonyl (C=O) groups is 1. The highest BCUT2D eigenvalue weighted by molar-refractivity contribution is 5.79. The minimum atomic E-state index is -0.180. The molecule has 0 spiro atoms. The van der Waals surface area contributed by atoms with E-state index in [4.69, 9.17) is 15.2 Å². The Balaban J connectivity index is 1.81. The van der Waals surface area contributed by atoms with Gasteiger partial charge in [0.05, 0.1) is 37.0 Å². The molecule has 0 aliphatic heterocycles. The first-order valence-corrected chi connectivity index (χ1v) is 11.5. The van der Waals surface area contributed by atoms with E-state index in [9.17, 15) is 4.79 Å². The van der Waals surface area contributed by atoms with E-state index >= 15 is 0 Å². The number of benzene rings is 1. The molecule has 0 aliphatic carbocycles. The number of anilines is 1. The molecule has 0 radical (unpaired) electrons. The van der Waals surface area contributed by atoms with Crippen LogP contribution in [0.1, 0.15) is 62.8 Å². The van der Waals surface area contributed by atoms with E-state index in [2.05, 4.69) is 27.5 Å². The number of ether oxygens (including phenoxy) is 2. The molecule has 2 heterocycles. The molecule has 0 saturated heterocycles. The van der Waals surface area contributed by atoms with Crippen molar-refractivity contribution >= 4 is 23.0 Å². The number of nitrogen functional groups attached to an aromatic ring is 1. The van der Waals surface area contributed by atoms with E-state index < -0.39 is 0 Å². The minimum absolute atomic E-state index is 0.180. The van der Waals surface area contributed by atoms with Gasteiger partial charge in [-0.05, 0) is 43.9 Å². The Labute approximate surface area is 190 Å². The molecule has 0 unspecified atom stereocenters. The zero-order valence-corrected chi connectivity index (χ0v) is 19.4. The van der Waals surface area contributed by atoms with Crippen LogP contribution in [0.5, 0.6) is 5.75 Å². The number of hydrogen-bond donors (Lipinski definition) is 1. The van der Waals surface area contributed by atoms with Gasteiger partial charge < -0.3 is 19.8 Å². The van der Waals surface area contributed by atoms with Gasteiger partial charge in [0.25, 0.3) is 0 Å². The number of aryl methyl sites for hydroxylation is 2. The maximum Gasteiger partial charge on any atom is 0.306 e. The third kappa shape index (κ3) is 5.99. The fourth-order valence-corrected chi connectivity index (χ4v) is 3.97. The molecular formula is C25H34N4O3. The molecule has 0 amide bonds. The summed E-state index contributed by atoms with van der Waals surface area (Å²) in [5, 5.41) is 0. The first-order chi connectivity index (χ1) is 15.5. The van der Waals surface area contributed by atoms with Crippen LogP contribution in [0, 0.1) is 0 Å². The minimum Gasteiger partial charge on any atom is -0.496 e. The average molecular weight is 439 g/mol. The Morgan fingerprint density at radius 1 is 1.09 bits per heavy atom. The number of carbonyl (C=O) groups excluding carboxylic acids is 1. The second-order valence-electron chi connectivity index (χ2n) is 7.97. The van der Waals surface area contributed by atoms with Gasteiger partial charge in [-0.15, -0.1) is 0 Å². The van der Waals surface area contributed by atoms with Gasteiger partial charge in [0.1, 0.15) is 5.75 Å². The first-order valence-electron chi connectivity index (χ1n) is 11.5. The van der Waals surface area contributed by atoms with E-state index in [1.54, 1.807) is 7.11 Å². The molecule has 0 fully saturated rings. The summed E-state index contributed by atoms with van der Waals surface area (Å²) in [4.78, 5) is 20.6. The van der Waals surface area contributed by atoms with Gasteiger partial charge in [0.2, 0.25) is 5.95 Å². The summed E-state index contributed by atoms with van der Waals surface area (Å²) in [7, 11) is 1.67. The highest BCUT2D eigenvalue weighted by Crippen LogP contribution is 2.26. The van der Waals surface area contributed by atoms with Crippen LogP contribution in [0.25, 0.3) is 11.0 Å². The largest absolute Gasteiger partial charge is 0.496 e. The van der Waals surface area contributed by atoms with Crippen LogP contribution in [0.4, 0.5) is 5.95 Å². The molecule has 1 aromatic carbocycles. The van der Waals surface area contributed by atoms with Crippen molar-refractivity contribution in [1.82, 2.24) is 14.5 Å². The lowest BCUT2D eigenvalue weighted by Crippen LogP contribution is -2.07. The summed E-state index contributed by atoms with van der Waals surface area (Å²) in [5.74, 6) is 0.943. The Hall–Kier alpha value is -3.09. The number of aromatic nitrogens is 3. The lowest BCUT2D eigenvalue weighted by atomic mass is 10.1. The SMILES string of the molecule is CCCCCCc1nc(N)nc2ccn(Cc3ccc(CCC(=O)OCC)cc3OC)c12. The number of nitrogens with two attached hydrogens (primary N) is 1. The molecule has 7 nitrogen and oxygen atoms in total. The number of unbranched alkanes of at least 4 members (excludes halogenated alkanes) is 3. The molecule has 0 aliphatic rings. The van der Waals surface area contributed by atoms with Crippen LogP contribution in [0.15, 0.2) is 30.5 Å². The highest BCUT2D eigenvalue weighted by atomic mass is 16.5. The third-order valence-electron chi connectivity index (χ3n) is 5.58. The van der Waals surface area contributed by atoms with Crippen LogP contribution in [-0.4, -0.2) is 34.2 Å². The van der Waals surface area contributed by atoms with Crippen LogP contribution in [0.2, 0.25) is 0 Å². The average Bonchev–Trinajstić information content (AvgIpc) is 3.18. The molecule has 0 atom stereocenters. The fraction of sp³-hybridized carbons (Fsp3) is 0.480. The van der Waals surface area contributed by atoms with E-state index in [0.717, 1.165) is 46.4 Å². The second-order valence-corrected chi connectivity index (χ2v) is 7.97. The first kappa shape index (κ1) is 23.6. The smallest absolute Gasteiger partial charge is 0.306 e. The summed E-state index contributed by atoms with van der Waals surface area (Å²) in [5.41, 5.74) is 11.0. The van der Waals surface area contributed by atoms with E-state index in [-0.39, 0.29) is 5.97 Å². The molecule has 0 bridgehead atoms. The van der Waals surface area contributed by atoms with Gasteiger partial charge in [-0.2, -0.15) is 0 Å². The molecule has 0 saturated carbocycles. The van der Waals surface area contributed by atoms with Crippen molar-refractivity contribution in [3.05, 3.63) is 47.3 Å². The summed E-state index contributed by atoms with van der Waals surface area (Å²) < 4.78 is 12.8. The van der Waals surface area contributed by atoms with Crippen molar-refractivity contribution in [3.63, 3.8) is 0 Å². The lowest BCUT2D eigenvalue weighted by molar-refractivity contribution is -0.143. The summed E-state index contributed by atoms with van der Waals surface area (Å²) in [6.07, 6.45) is 8.60. The zero-order chi connectivity index (χ0) is 22.9. The molecule has 2 N–H and O–H groups in total. The van der Waals surface area contributed by atoms with Crippen LogP contribution >= 0.6 is 0 Å². The van der Waals surface area contributed by atoms with Gasteiger partial charge in [-0.25, -0.2) is 9.97 Å². The van der Waals surface area contributed by atoms with Crippen molar-refractivity contribution in [2.24, 2.45) is 0 Å². The molecular weight excluding hydrogens is 404 g/mol. The maximum absolute atomic E-state index is 11.7. The van der Waals surface area contributed by atoms with Gasteiger partial charge >= 0.3 is 5.97 Å². The second kappa shape index (κ2) is 11.5. The van der Waals surface area contributed by atoms with Gasteiger partial charge in [-0.3, -0.25) is 4.79 Å². The van der Waals surface area contributed by atoms with Crippen molar-refractivity contribution in [3.8, 4) is 5.75 Å². The van der Waals surface area contributed by atoms with Crippen LogP contribution < -0.4 is 10.5 Å². The monoisotopic (exact) mass is 438 g/mol. The molecule has 32 heavy (non-hydrogen) atoms. The van der Waals surface area contributed by atoms with E-state index in [1.165, 1.54) is 19.3 Å². The Morgan fingerprint density at radius 2 is 1.94 bits per heavy atom. The molecule has 3 rings (SSSR count). The number of hydrogen-bond acceptors (Lipinski definition) is 6. The summed E-state index contributed by atoms with van der Waals surface area (Å²) in [6.45, 7) is 5.07. The van der Waals surface area contributed by atoms with Crippen molar-refractivity contribution < 1.29 is 14.3 Å². The zero-order valence-electron chi connectivity index (χ0n) is 19.4. The summed E-state index contributed by atoms with van der Waals surface area (Å²) in [6, 6.07) is 8.09. The highest BCUT2D eigenvalue weighted by Gasteiger charge is 2.14. The maximum atomic E-state index is 11.7. The van der Waals surface area contributed by atoms with Crippen LogP contribution in [0.3, 0.4) is 0 Å². The molecule has 3 aromatic rings.